The van der Waals surface area contributed by atoms with Crippen molar-refractivity contribution >= 4 is 0 Å². The van der Waals surface area contributed by atoms with Crippen LogP contribution in [0.3, 0.4) is 0 Å². The van der Waals surface area contributed by atoms with Crippen LogP contribution < -0.4 is 5.32 Å². The predicted molar refractivity (Wildman–Crippen MR) is 83.5 cm³/mol. The molecule has 2 aromatic rings. The molecule has 2 rings (SSSR count). The summed E-state index contributed by atoms with van der Waals surface area (Å²) in [6, 6.07) is 10.1. The molecular formula is C16H24N4O. The van der Waals surface area contributed by atoms with Gasteiger partial charge in [0.25, 0.3) is 0 Å². The number of nitrogens with one attached hydrogen (secondary N) is 1. The van der Waals surface area contributed by atoms with Gasteiger partial charge in [-0.25, -0.2) is 4.68 Å². The Morgan fingerprint density at radius 2 is 1.95 bits per heavy atom. The van der Waals surface area contributed by atoms with Crippen LogP contribution in [0.25, 0.3) is 5.69 Å². The monoisotopic (exact) mass is 288 g/mol. The lowest BCUT2D eigenvalue weighted by atomic mass is 10.1. The normalized spacial score (nSPS) is 13.3. The predicted octanol–water partition coefficient (Wildman–Crippen LogP) is 2.73. The van der Waals surface area contributed by atoms with Crippen molar-refractivity contribution in [3.05, 3.63) is 42.2 Å². The van der Waals surface area contributed by atoms with Crippen molar-refractivity contribution in [2.75, 3.05) is 13.2 Å². The first-order valence-corrected chi connectivity index (χ1v) is 7.34. The summed E-state index contributed by atoms with van der Waals surface area (Å²) < 4.78 is 7.79. The van der Waals surface area contributed by atoms with Crippen molar-refractivity contribution < 1.29 is 4.74 Å². The van der Waals surface area contributed by atoms with Gasteiger partial charge in [0.05, 0.1) is 35.8 Å². The van der Waals surface area contributed by atoms with E-state index in [-0.39, 0.29) is 11.6 Å². The molecule has 114 valence electrons. The molecule has 0 radical (unpaired) electrons. The molecule has 0 spiro atoms. The summed E-state index contributed by atoms with van der Waals surface area (Å²) >= 11 is 0. The first kappa shape index (κ1) is 15.7. The first-order valence-electron chi connectivity index (χ1n) is 7.34. The molecule has 21 heavy (non-hydrogen) atoms. The third kappa shape index (κ3) is 4.37. The van der Waals surface area contributed by atoms with Crippen LogP contribution in [0.15, 0.2) is 36.5 Å². The number of hydrogen-bond acceptors (Lipinski definition) is 4. The Hall–Kier alpha value is -1.72. The van der Waals surface area contributed by atoms with Crippen LogP contribution in [-0.4, -0.2) is 33.7 Å². The second-order valence-electron chi connectivity index (χ2n) is 5.94. The number of nitrogens with zero attached hydrogens (tertiary/aromatic N) is 3. The molecule has 1 aromatic heterocycles. The van der Waals surface area contributed by atoms with Crippen molar-refractivity contribution in [2.45, 2.75) is 39.3 Å². The molecule has 1 unspecified atom stereocenters. The summed E-state index contributed by atoms with van der Waals surface area (Å²) in [4.78, 5) is 0. The lowest BCUT2D eigenvalue weighted by Gasteiger charge is -2.25. The summed E-state index contributed by atoms with van der Waals surface area (Å²) in [5, 5.41) is 11.7. The highest BCUT2D eigenvalue weighted by Gasteiger charge is 2.20. The van der Waals surface area contributed by atoms with Gasteiger partial charge in [0, 0.05) is 0 Å². The molecule has 1 N–H and O–H groups in total. The quantitative estimate of drug-likeness (QED) is 0.888. The van der Waals surface area contributed by atoms with Gasteiger partial charge in [0.1, 0.15) is 0 Å². The Bertz CT molecular complexity index is 545. The number of rotatable bonds is 6. The molecule has 0 aliphatic heterocycles. The van der Waals surface area contributed by atoms with E-state index in [9.17, 15) is 0 Å². The lowest BCUT2D eigenvalue weighted by molar-refractivity contribution is -0.0153. The van der Waals surface area contributed by atoms with Gasteiger partial charge in [-0.1, -0.05) is 30.3 Å². The molecule has 0 saturated carbocycles. The molecule has 0 bridgehead atoms. The average molecular weight is 288 g/mol. The van der Waals surface area contributed by atoms with E-state index < -0.39 is 0 Å². The number of hydrogen-bond donors (Lipinski definition) is 1. The van der Waals surface area contributed by atoms with E-state index in [2.05, 4.69) is 43.3 Å². The largest absolute Gasteiger partial charge is 0.374 e. The average Bonchev–Trinajstić information content (AvgIpc) is 2.92. The van der Waals surface area contributed by atoms with Crippen LogP contribution in [0, 0.1) is 0 Å². The fraction of sp³-hybridized carbons (Fsp3) is 0.500. The Morgan fingerprint density at radius 1 is 1.24 bits per heavy atom. The lowest BCUT2D eigenvalue weighted by Crippen LogP contribution is -2.31. The summed E-state index contributed by atoms with van der Waals surface area (Å²) in [5.74, 6) is 0. The van der Waals surface area contributed by atoms with Gasteiger partial charge in [-0.05, 0) is 39.4 Å². The van der Waals surface area contributed by atoms with Crippen LogP contribution in [0.2, 0.25) is 0 Å². The van der Waals surface area contributed by atoms with Crippen molar-refractivity contribution in [3.63, 3.8) is 0 Å². The highest BCUT2D eigenvalue weighted by molar-refractivity contribution is 5.32. The van der Waals surface area contributed by atoms with Crippen LogP contribution in [-0.2, 0) is 4.74 Å². The van der Waals surface area contributed by atoms with Gasteiger partial charge >= 0.3 is 0 Å². The number of para-hydroxylation sites is 1. The Kier molecular flexibility index (Phi) is 5.09. The SMILES string of the molecule is CCNC(COC(C)(C)C)c1cnnn1-c1ccccc1. The maximum Gasteiger partial charge on any atom is 0.0838 e. The van der Waals surface area contributed by atoms with Gasteiger partial charge in [-0.3, -0.25) is 0 Å². The fourth-order valence-electron chi connectivity index (χ4n) is 2.08. The molecule has 5 heteroatoms. The third-order valence-corrected chi connectivity index (χ3v) is 3.07. The maximum atomic E-state index is 5.93. The summed E-state index contributed by atoms with van der Waals surface area (Å²) in [6.45, 7) is 9.70. The number of aromatic nitrogens is 3. The zero-order valence-electron chi connectivity index (χ0n) is 13.2. The van der Waals surface area contributed by atoms with E-state index in [0.717, 1.165) is 17.9 Å². The minimum atomic E-state index is -0.168. The maximum absolute atomic E-state index is 5.93. The smallest absolute Gasteiger partial charge is 0.0838 e. The molecule has 0 aliphatic carbocycles. The van der Waals surface area contributed by atoms with E-state index in [1.807, 2.05) is 35.0 Å². The molecule has 0 saturated heterocycles. The molecule has 5 nitrogen and oxygen atoms in total. The second kappa shape index (κ2) is 6.83. The Labute approximate surface area is 126 Å². The van der Waals surface area contributed by atoms with Gasteiger partial charge < -0.3 is 10.1 Å². The van der Waals surface area contributed by atoms with E-state index in [0.29, 0.717) is 6.61 Å². The summed E-state index contributed by atoms with van der Waals surface area (Å²) in [6.07, 6.45) is 1.80. The molecule has 0 fully saturated rings. The summed E-state index contributed by atoms with van der Waals surface area (Å²) in [5.41, 5.74) is 1.84. The van der Waals surface area contributed by atoms with Gasteiger partial charge in [0.15, 0.2) is 0 Å². The summed E-state index contributed by atoms with van der Waals surface area (Å²) in [7, 11) is 0. The second-order valence-corrected chi connectivity index (χ2v) is 5.94. The molecule has 1 atom stereocenters. The molecular weight excluding hydrogens is 264 g/mol. The topological polar surface area (TPSA) is 52.0 Å². The van der Waals surface area contributed by atoms with Gasteiger partial charge in [-0.15, -0.1) is 5.10 Å². The standard InChI is InChI=1S/C16H24N4O/c1-5-17-14(12-21-16(2,3)4)15-11-18-19-20(15)13-9-7-6-8-10-13/h6-11,14,17H,5,12H2,1-4H3. The number of benzene rings is 1. The van der Waals surface area contributed by atoms with Crippen molar-refractivity contribution in [3.8, 4) is 5.69 Å². The molecule has 1 heterocycles. The zero-order chi connectivity index (χ0) is 15.3. The third-order valence-electron chi connectivity index (χ3n) is 3.07. The van der Waals surface area contributed by atoms with Gasteiger partial charge in [-0.2, -0.15) is 0 Å². The number of ether oxygens (including phenoxy) is 1. The highest BCUT2D eigenvalue weighted by atomic mass is 16.5. The van der Waals surface area contributed by atoms with Crippen LogP contribution >= 0.6 is 0 Å². The van der Waals surface area contributed by atoms with E-state index in [1.165, 1.54) is 0 Å². The fourth-order valence-corrected chi connectivity index (χ4v) is 2.08. The molecule has 1 aromatic carbocycles. The molecule has 0 amide bonds. The van der Waals surface area contributed by atoms with E-state index in [4.69, 9.17) is 4.74 Å². The van der Waals surface area contributed by atoms with Crippen LogP contribution in [0.4, 0.5) is 0 Å². The van der Waals surface area contributed by atoms with Crippen LogP contribution in [0.5, 0.6) is 0 Å². The highest BCUT2D eigenvalue weighted by Crippen LogP contribution is 2.19. The van der Waals surface area contributed by atoms with Crippen LogP contribution in [0.1, 0.15) is 39.4 Å². The molecule has 0 aliphatic rings. The minimum Gasteiger partial charge on any atom is -0.374 e. The zero-order valence-corrected chi connectivity index (χ0v) is 13.2. The van der Waals surface area contributed by atoms with Gasteiger partial charge in [0.2, 0.25) is 0 Å². The first-order chi connectivity index (χ1) is 10.0. The number of likely N-dealkylation sites (N-methyl/N-ethyl adjacent to an activating group) is 1. The van der Waals surface area contributed by atoms with Crippen molar-refractivity contribution in [1.82, 2.24) is 20.3 Å². The van der Waals surface area contributed by atoms with E-state index >= 15 is 0 Å². The Balaban J connectivity index is 2.23. The minimum absolute atomic E-state index is 0.0597. The Morgan fingerprint density at radius 3 is 2.57 bits per heavy atom. The van der Waals surface area contributed by atoms with Crippen molar-refractivity contribution in [2.24, 2.45) is 0 Å². The van der Waals surface area contributed by atoms with Crippen molar-refractivity contribution in [1.29, 1.82) is 0 Å². The van der Waals surface area contributed by atoms with E-state index in [1.54, 1.807) is 6.20 Å².